The molecule has 14 heteroatoms. The van der Waals surface area contributed by atoms with E-state index in [1.165, 1.54) is 6.92 Å². The zero-order valence-electron chi connectivity index (χ0n) is 19.0. The van der Waals surface area contributed by atoms with E-state index in [0.29, 0.717) is 5.56 Å². The maximum Gasteiger partial charge on any atom is 0.300 e. The minimum atomic E-state index is -0.877. The molecule has 2 aromatic carbocycles. The Balaban J connectivity index is 1.97. The van der Waals surface area contributed by atoms with Crippen LogP contribution in [0.25, 0.3) is 0 Å². The van der Waals surface area contributed by atoms with Gasteiger partial charge in [0.25, 0.3) is 11.6 Å². The normalized spacial score (nSPS) is 17.1. The quantitative estimate of drug-likeness (QED) is 0.404. The number of hydrogen-bond acceptors (Lipinski definition) is 10. The van der Waals surface area contributed by atoms with Crippen molar-refractivity contribution in [3.05, 3.63) is 68.3 Å². The summed E-state index contributed by atoms with van der Waals surface area (Å²) in [5.41, 5.74) is 3.13. The minimum absolute atomic E-state index is 0.127. The first-order valence-corrected chi connectivity index (χ1v) is 11.2. The number of benzene rings is 2. The number of rotatable bonds is 8. The smallest absolute Gasteiger partial charge is 0.300 e. The summed E-state index contributed by atoms with van der Waals surface area (Å²) in [4.78, 5) is 59.5. The van der Waals surface area contributed by atoms with Gasteiger partial charge >= 0.3 is 5.69 Å². The molecule has 2 aromatic rings. The molecular formula is C21H22N6O7S. The lowest BCUT2D eigenvalue weighted by atomic mass is 10.2. The molecule has 184 valence electrons. The van der Waals surface area contributed by atoms with Crippen molar-refractivity contribution < 1.29 is 24.2 Å². The number of amides is 3. The summed E-state index contributed by atoms with van der Waals surface area (Å²) in [5, 5.41) is 24.3. The molecule has 0 spiro atoms. The average molecular weight is 503 g/mol. The second-order valence-electron chi connectivity index (χ2n) is 7.81. The van der Waals surface area contributed by atoms with Gasteiger partial charge in [0.15, 0.2) is 0 Å². The number of nitro benzene ring substituents is 2. The number of carbonyl (C=O) groups excluding carboxylic acids is 3. The predicted octanol–water partition coefficient (Wildman–Crippen LogP) is 2.59. The fourth-order valence-electron chi connectivity index (χ4n) is 3.38. The summed E-state index contributed by atoms with van der Waals surface area (Å²) in [6.45, 7) is 1.18. The van der Waals surface area contributed by atoms with Crippen molar-refractivity contribution in [3.8, 4) is 0 Å². The van der Waals surface area contributed by atoms with Crippen LogP contribution in [0, 0.1) is 20.2 Å². The van der Waals surface area contributed by atoms with Gasteiger partial charge < -0.3 is 4.90 Å². The van der Waals surface area contributed by atoms with Crippen LogP contribution in [-0.2, 0) is 14.4 Å². The number of non-ortho nitro benzene ring substituents is 1. The molecule has 1 saturated heterocycles. The van der Waals surface area contributed by atoms with Crippen molar-refractivity contribution in [1.82, 2.24) is 10.3 Å². The van der Waals surface area contributed by atoms with Gasteiger partial charge in [0.1, 0.15) is 11.1 Å². The van der Waals surface area contributed by atoms with Crippen molar-refractivity contribution in [2.75, 3.05) is 24.4 Å². The third kappa shape index (κ3) is 5.84. The van der Waals surface area contributed by atoms with E-state index in [2.05, 4.69) is 10.7 Å². The summed E-state index contributed by atoms with van der Waals surface area (Å²) < 4.78 is 0. The lowest BCUT2D eigenvalue weighted by Crippen LogP contribution is -2.38. The first kappa shape index (κ1) is 25.4. The van der Waals surface area contributed by atoms with E-state index in [9.17, 15) is 34.6 Å². The number of anilines is 2. The monoisotopic (exact) mass is 502 g/mol. The Bertz CT molecular complexity index is 1190. The van der Waals surface area contributed by atoms with E-state index in [-0.39, 0.29) is 12.1 Å². The first-order valence-electron chi connectivity index (χ1n) is 10.2. The molecule has 2 atom stereocenters. The number of nitro groups is 2. The van der Waals surface area contributed by atoms with Gasteiger partial charge in [-0.25, -0.2) is 5.01 Å². The number of hydrazine groups is 1. The highest BCUT2D eigenvalue weighted by Crippen LogP contribution is 2.45. The van der Waals surface area contributed by atoms with Crippen LogP contribution in [-0.4, -0.2) is 51.9 Å². The van der Waals surface area contributed by atoms with Crippen molar-refractivity contribution in [2.24, 2.45) is 0 Å². The highest BCUT2D eigenvalue weighted by molar-refractivity contribution is 8.01. The summed E-state index contributed by atoms with van der Waals surface area (Å²) in [6.07, 6.45) is -0.282. The highest BCUT2D eigenvalue weighted by atomic mass is 32.2. The van der Waals surface area contributed by atoms with Crippen molar-refractivity contribution in [2.45, 2.75) is 24.0 Å². The third-order valence-electron chi connectivity index (χ3n) is 5.05. The Morgan fingerprint density at radius 2 is 1.74 bits per heavy atom. The molecule has 0 saturated carbocycles. The van der Waals surface area contributed by atoms with Crippen LogP contribution in [0.5, 0.6) is 0 Å². The van der Waals surface area contributed by atoms with Crippen LogP contribution in [0.3, 0.4) is 0 Å². The van der Waals surface area contributed by atoms with Gasteiger partial charge in [-0.2, -0.15) is 0 Å². The molecule has 13 nitrogen and oxygen atoms in total. The summed E-state index contributed by atoms with van der Waals surface area (Å²) >= 11 is 1.14. The van der Waals surface area contributed by atoms with Crippen LogP contribution in [0.4, 0.5) is 22.7 Å². The van der Waals surface area contributed by atoms with Crippen LogP contribution >= 0.6 is 11.8 Å². The molecule has 0 aliphatic carbocycles. The molecule has 1 aliphatic rings. The van der Waals surface area contributed by atoms with Crippen LogP contribution < -0.4 is 15.6 Å². The topological polar surface area (TPSA) is 168 Å². The van der Waals surface area contributed by atoms with E-state index < -0.39 is 49.6 Å². The minimum Gasteiger partial charge on any atom is -0.378 e. The Labute approximate surface area is 203 Å². The number of nitrogens with zero attached hydrogens (tertiary/aromatic N) is 4. The maximum absolute atomic E-state index is 13.2. The molecule has 1 heterocycles. The van der Waals surface area contributed by atoms with Gasteiger partial charge in [0.2, 0.25) is 11.8 Å². The molecule has 3 amide bonds. The lowest BCUT2D eigenvalue weighted by molar-refractivity contribution is -0.393. The van der Waals surface area contributed by atoms with Gasteiger partial charge in [-0.15, -0.1) is 11.8 Å². The largest absolute Gasteiger partial charge is 0.378 e. The Kier molecular flexibility index (Phi) is 7.54. The summed E-state index contributed by atoms with van der Waals surface area (Å²) in [5.74, 6) is -1.73. The molecule has 0 bridgehead atoms. The maximum atomic E-state index is 13.2. The first-order chi connectivity index (χ1) is 16.5. The summed E-state index contributed by atoms with van der Waals surface area (Å²) in [7, 11) is 3.74. The number of hydrogen-bond donors (Lipinski definition) is 2. The van der Waals surface area contributed by atoms with Crippen molar-refractivity contribution in [3.63, 3.8) is 0 Å². The Hall–Kier alpha value is -4.20. The van der Waals surface area contributed by atoms with E-state index in [0.717, 1.165) is 40.7 Å². The average Bonchev–Trinajstić information content (AvgIpc) is 3.08. The van der Waals surface area contributed by atoms with Crippen molar-refractivity contribution >= 4 is 52.2 Å². The fraction of sp³-hybridized carbons (Fsp3) is 0.286. The predicted molar refractivity (Wildman–Crippen MR) is 129 cm³/mol. The fourth-order valence-corrected chi connectivity index (χ4v) is 4.77. The second kappa shape index (κ2) is 10.4. The van der Waals surface area contributed by atoms with E-state index in [4.69, 9.17) is 0 Å². The molecule has 1 fully saturated rings. The molecular weight excluding hydrogens is 480 g/mol. The van der Waals surface area contributed by atoms with Crippen LogP contribution in [0.1, 0.15) is 24.3 Å². The molecule has 35 heavy (non-hydrogen) atoms. The molecule has 0 aromatic heterocycles. The number of thioether (sulfide) groups is 1. The van der Waals surface area contributed by atoms with E-state index in [1.54, 1.807) is 12.1 Å². The van der Waals surface area contributed by atoms with Gasteiger partial charge in [-0.05, 0) is 23.8 Å². The lowest BCUT2D eigenvalue weighted by Gasteiger charge is -2.26. The zero-order valence-corrected chi connectivity index (χ0v) is 19.8. The number of imide groups is 1. The summed E-state index contributed by atoms with van der Waals surface area (Å²) in [6, 6.07) is 10.3. The van der Waals surface area contributed by atoms with E-state index >= 15 is 0 Å². The highest BCUT2D eigenvalue weighted by Gasteiger charge is 2.43. The van der Waals surface area contributed by atoms with Gasteiger partial charge in [0, 0.05) is 39.2 Å². The third-order valence-corrected chi connectivity index (χ3v) is 6.49. The zero-order chi connectivity index (χ0) is 25.9. The van der Waals surface area contributed by atoms with E-state index in [1.807, 2.05) is 31.1 Å². The molecule has 3 rings (SSSR count). The molecule has 2 N–H and O–H groups in total. The standard InChI is InChI=1S/C21H22N6O7S/c1-12(28)22-19(29)11-18-20(30)25(21(35-18)13-4-6-14(7-5-13)24(2)3)23-16-9-8-15(26(31)32)10-17(16)27(33)34/h4-10,18,21,23H,11H2,1-3H3,(H,22,28,29). The second-order valence-corrected chi connectivity index (χ2v) is 9.09. The molecule has 2 unspecified atom stereocenters. The van der Waals surface area contributed by atoms with Gasteiger partial charge in [-0.1, -0.05) is 12.1 Å². The number of carbonyl (C=O) groups is 3. The number of nitrogens with one attached hydrogen (secondary N) is 2. The SMILES string of the molecule is CC(=O)NC(=O)CC1SC(c2ccc(N(C)C)cc2)N(Nc2ccc([N+](=O)[O-])cc2[N+](=O)[O-])C1=O. The molecule has 1 aliphatic heterocycles. The van der Waals surface area contributed by atoms with Gasteiger partial charge in [0.05, 0.1) is 21.2 Å². The van der Waals surface area contributed by atoms with Crippen LogP contribution in [0.2, 0.25) is 0 Å². The Morgan fingerprint density at radius 3 is 2.29 bits per heavy atom. The molecule has 0 radical (unpaired) electrons. The van der Waals surface area contributed by atoms with Gasteiger partial charge in [-0.3, -0.25) is 45.4 Å². The van der Waals surface area contributed by atoms with Crippen LogP contribution in [0.15, 0.2) is 42.5 Å². The Morgan fingerprint density at radius 1 is 1.09 bits per heavy atom. The van der Waals surface area contributed by atoms with Crippen molar-refractivity contribution in [1.29, 1.82) is 0 Å².